The molecule has 0 aliphatic carbocycles. The first-order valence-corrected chi connectivity index (χ1v) is 12.3. The van der Waals surface area contributed by atoms with E-state index >= 15 is 0 Å². The smallest absolute Gasteiger partial charge is 0.326 e. The molecule has 0 spiro atoms. The summed E-state index contributed by atoms with van der Waals surface area (Å²) in [6, 6.07) is 13.9. The fourth-order valence-electron chi connectivity index (χ4n) is 3.75. The minimum absolute atomic E-state index is 0.140. The van der Waals surface area contributed by atoms with Gasteiger partial charge in [0.1, 0.15) is 11.9 Å². The lowest BCUT2D eigenvalue weighted by Gasteiger charge is -2.15. The number of carbonyl (C=O) groups excluding carboxylic acids is 1. The molecule has 3 rings (SSSR count). The second-order valence-corrected chi connectivity index (χ2v) is 8.94. The number of para-hydroxylation sites is 2. The molecule has 1 atom stereocenters. The van der Waals surface area contributed by atoms with E-state index < -0.39 is 12.0 Å². The van der Waals surface area contributed by atoms with Crippen LogP contribution in [0.4, 0.5) is 5.69 Å². The maximum atomic E-state index is 12.3. The topological polar surface area (TPSA) is 136 Å². The van der Waals surface area contributed by atoms with Crippen molar-refractivity contribution in [2.75, 3.05) is 11.9 Å². The van der Waals surface area contributed by atoms with Gasteiger partial charge in [-0.2, -0.15) is 0 Å². The van der Waals surface area contributed by atoms with Crippen LogP contribution in [0.2, 0.25) is 0 Å². The van der Waals surface area contributed by atoms with Gasteiger partial charge in [-0.1, -0.05) is 30.3 Å². The SMILES string of the molecule is Cc1ccccc1NC(=S)NCCCC[C@H](NC(=O)CCCc1nc2ccccc2c(=O)[nH]1)C(=O)O. The normalized spacial score (nSPS) is 11.6. The maximum absolute atomic E-state index is 12.3. The van der Waals surface area contributed by atoms with Crippen molar-refractivity contribution in [1.82, 2.24) is 20.6 Å². The van der Waals surface area contributed by atoms with Gasteiger partial charge in [-0.05, 0) is 68.6 Å². The number of rotatable bonds is 12. The van der Waals surface area contributed by atoms with Gasteiger partial charge in [0.15, 0.2) is 5.11 Å². The van der Waals surface area contributed by atoms with Crippen molar-refractivity contribution >= 4 is 45.8 Å². The third-order valence-electron chi connectivity index (χ3n) is 5.71. The van der Waals surface area contributed by atoms with E-state index in [1.54, 1.807) is 18.2 Å². The number of aliphatic carboxylic acids is 1. The molecule has 1 heterocycles. The Kier molecular flexibility index (Phi) is 9.93. The molecule has 0 saturated carbocycles. The van der Waals surface area contributed by atoms with Gasteiger partial charge in [0.05, 0.1) is 10.9 Å². The van der Waals surface area contributed by atoms with Gasteiger partial charge in [0, 0.05) is 25.1 Å². The molecule has 5 N–H and O–H groups in total. The second kappa shape index (κ2) is 13.3. The molecule has 0 saturated heterocycles. The van der Waals surface area contributed by atoms with Crippen LogP contribution in [0.25, 0.3) is 10.9 Å². The fourth-order valence-corrected chi connectivity index (χ4v) is 3.96. The van der Waals surface area contributed by atoms with Crippen LogP contribution in [0.15, 0.2) is 53.3 Å². The predicted molar refractivity (Wildman–Crippen MR) is 144 cm³/mol. The minimum Gasteiger partial charge on any atom is -0.480 e. The Labute approximate surface area is 214 Å². The summed E-state index contributed by atoms with van der Waals surface area (Å²) in [4.78, 5) is 43.2. The maximum Gasteiger partial charge on any atom is 0.326 e. The molecule has 1 aromatic heterocycles. The summed E-state index contributed by atoms with van der Waals surface area (Å²) in [6.45, 7) is 2.58. The van der Waals surface area contributed by atoms with Crippen molar-refractivity contribution in [2.45, 2.75) is 51.5 Å². The number of aryl methyl sites for hydroxylation is 2. The third-order valence-corrected chi connectivity index (χ3v) is 5.96. The number of hydrogen-bond acceptors (Lipinski definition) is 5. The Balaban J connectivity index is 1.35. The average Bonchev–Trinajstić information content (AvgIpc) is 2.84. The van der Waals surface area contributed by atoms with Gasteiger partial charge in [-0.25, -0.2) is 9.78 Å². The molecule has 10 heteroatoms. The molecule has 0 bridgehead atoms. The number of fused-ring (bicyclic) bond motifs is 1. The van der Waals surface area contributed by atoms with E-state index in [1.165, 1.54) is 0 Å². The minimum atomic E-state index is -1.06. The number of anilines is 1. The lowest BCUT2D eigenvalue weighted by Crippen LogP contribution is -2.40. The number of unbranched alkanes of at least 4 members (excludes halogenated alkanes) is 1. The van der Waals surface area contributed by atoms with Crippen LogP contribution in [0.1, 0.15) is 43.5 Å². The number of nitrogens with one attached hydrogen (secondary N) is 4. The molecule has 1 amide bonds. The Hall–Kier alpha value is -3.79. The molecule has 3 aromatic rings. The average molecular weight is 510 g/mol. The van der Waals surface area contributed by atoms with Crippen molar-refractivity contribution < 1.29 is 14.7 Å². The summed E-state index contributed by atoms with van der Waals surface area (Å²) in [6.07, 6.45) is 2.62. The van der Waals surface area contributed by atoms with Crippen LogP contribution < -0.4 is 21.5 Å². The molecular formula is C26H31N5O4S. The number of H-pyrrole nitrogens is 1. The van der Waals surface area contributed by atoms with Crippen LogP contribution >= 0.6 is 12.2 Å². The van der Waals surface area contributed by atoms with E-state index in [9.17, 15) is 19.5 Å². The van der Waals surface area contributed by atoms with Crippen LogP contribution in [0.5, 0.6) is 0 Å². The van der Waals surface area contributed by atoms with E-state index in [0.29, 0.717) is 60.5 Å². The molecule has 0 aliphatic heterocycles. The van der Waals surface area contributed by atoms with Crippen LogP contribution in [-0.4, -0.2) is 44.7 Å². The zero-order valence-corrected chi connectivity index (χ0v) is 21.0. The zero-order chi connectivity index (χ0) is 25.9. The van der Waals surface area contributed by atoms with E-state index in [1.807, 2.05) is 37.3 Å². The van der Waals surface area contributed by atoms with Crippen LogP contribution in [0.3, 0.4) is 0 Å². The van der Waals surface area contributed by atoms with Crippen LogP contribution in [0, 0.1) is 6.92 Å². The molecule has 0 radical (unpaired) electrons. The first-order valence-electron chi connectivity index (χ1n) is 11.9. The predicted octanol–water partition coefficient (Wildman–Crippen LogP) is 3.28. The Morgan fingerprint density at radius 3 is 2.61 bits per heavy atom. The van der Waals surface area contributed by atoms with Crippen molar-refractivity contribution in [3.63, 3.8) is 0 Å². The summed E-state index contributed by atoms with van der Waals surface area (Å²) in [5.41, 5.74) is 2.41. The number of carboxylic acids is 1. The Morgan fingerprint density at radius 2 is 1.83 bits per heavy atom. The first kappa shape index (κ1) is 26.8. The number of benzene rings is 2. The number of hydrogen-bond donors (Lipinski definition) is 5. The van der Waals surface area contributed by atoms with E-state index in [4.69, 9.17) is 12.2 Å². The Bertz CT molecular complexity index is 1280. The Morgan fingerprint density at radius 1 is 1.08 bits per heavy atom. The van der Waals surface area contributed by atoms with Crippen molar-refractivity contribution in [3.05, 3.63) is 70.3 Å². The van der Waals surface area contributed by atoms with Crippen molar-refractivity contribution in [1.29, 1.82) is 0 Å². The number of aromatic nitrogens is 2. The monoisotopic (exact) mass is 509 g/mol. The van der Waals surface area contributed by atoms with Crippen molar-refractivity contribution in [3.8, 4) is 0 Å². The van der Waals surface area contributed by atoms with Gasteiger partial charge in [0.25, 0.3) is 5.56 Å². The lowest BCUT2D eigenvalue weighted by atomic mass is 10.1. The van der Waals surface area contributed by atoms with Gasteiger partial charge in [-0.3, -0.25) is 9.59 Å². The van der Waals surface area contributed by atoms with Gasteiger partial charge in [-0.15, -0.1) is 0 Å². The molecule has 36 heavy (non-hydrogen) atoms. The fraction of sp³-hybridized carbons (Fsp3) is 0.346. The largest absolute Gasteiger partial charge is 0.480 e. The van der Waals surface area contributed by atoms with E-state index in [-0.39, 0.29) is 17.9 Å². The van der Waals surface area contributed by atoms with Crippen LogP contribution in [-0.2, 0) is 16.0 Å². The van der Waals surface area contributed by atoms with Gasteiger partial charge >= 0.3 is 5.97 Å². The number of thiocarbonyl (C=S) groups is 1. The van der Waals surface area contributed by atoms with Gasteiger partial charge < -0.3 is 26.0 Å². The quantitative estimate of drug-likeness (QED) is 0.185. The number of nitrogens with zero attached hydrogens (tertiary/aromatic N) is 1. The van der Waals surface area contributed by atoms with Gasteiger partial charge in [0.2, 0.25) is 5.91 Å². The first-order chi connectivity index (χ1) is 17.3. The second-order valence-electron chi connectivity index (χ2n) is 8.53. The van der Waals surface area contributed by atoms with E-state index in [0.717, 1.165) is 11.3 Å². The number of carbonyl (C=O) groups is 2. The highest BCUT2D eigenvalue weighted by Gasteiger charge is 2.19. The molecular weight excluding hydrogens is 478 g/mol. The lowest BCUT2D eigenvalue weighted by molar-refractivity contribution is -0.142. The summed E-state index contributed by atoms with van der Waals surface area (Å²) in [7, 11) is 0. The molecule has 0 aliphatic rings. The summed E-state index contributed by atoms with van der Waals surface area (Å²) < 4.78 is 0. The number of aromatic amines is 1. The molecule has 190 valence electrons. The highest BCUT2D eigenvalue weighted by atomic mass is 32.1. The molecule has 9 nitrogen and oxygen atoms in total. The van der Waals surface area contributed by atoms with E-state index in [2.05, 4.69) is 25.9 Å². The summed E-state index contributed by atoms with van der Waals surface area (Å²) >= 11 is 5.30. The molecule has 0 unspecified atom stereocenters. The zero-order valence-electron chi connectivity index (χ0n) is 20.2. The standard InChI is InChI=1S/C26H31N5O4S/c1-17-9-2-4-11-19(17)30-26(36)27-16-7-6-13-21(25(34)35)29-23(32)15-8-14-22-28-20-12-5-3-10-18(20)24(33)31-22/h2-5,9-12,21H,6-8,13-16H2,1H3,(H,29,32)(H,34,35)(H2,27,30,36)(H,28,31,33)/t21-/m0/s1. The third kappa shape index (κ3) is 8.16. The highest BCUT2D eigenvalue weighted by Crippen LogP contribution is 2.13. The highest BCUT2D eigenvalue weighted by molar-refractivity contribution is 7.80. The molecule has 2 aromatic carbocycles. The summed E-state index contributed by atoms with van der Waals surface area (Å²) in [5.74, 6) is -0.899. The molecule has 0 fully saturated rings. The number of carboxylic acid groups (broad SMARTS) is 1. The van der Waals surface area contributed by atoms with Crippen molar-refractivity contribution in [2.24, 2.45) is 0 Å². The number of amides is 1. The summed E-state index contributed by atoms with van der Waals surface area (Å²) in [5, 5.41) is 19.4.